The number of fused-ring (bicyclic) bond motifs is 1. The van der Waals surface area contributed by atoms with Crippen LogP contribution in [0.2, 0.25) is 0 Å². The molecule has 1 saturated heterocycles. The molecule has 8 nitrogen and oxygen atoms in total. The maximum atomic E-state index is 12.7. The van der Waals surface area contributed by atoms with Gasteiger partial charge in [0.1, 0.15) is 18.2 Å². The SMILES string of the molecule is CCc1nccn1CC(=O)N1CCC[C@H](c2ccc3c(N)[nH]nc3n2)C1. The largest absolute Gasteiger partial charge is 0.384 e. The van der Waals surface area contributed by atoms with E-state index in [0.29, 0.717) is 24.6 Å². The Morgan fingerprint density at radius 1 is 1.42 bits per heavy atom. The Balaban J connectivity index is 1.48. The molecule has 0 aromatic carbocycles. The first-order valence-electron chi connectivity index (χ1n) is 9.04. The van der Waals surface area contributed by atoms with E-state index in [-0.39, 0.29) is 11.8 Å². The van der Waals surface area contributed by atoms with Gasteiger partial charge in [-0.15, -0.1) is 0 Å². The number of anilines is 1. The van der Waals surface area contributed by atoms with Gasteiger partial charge in [-0.3, -0.25) is 9.89 Å². The number of likely N-dealkylation sites (tertiary alicyclic amines) is 1. The van der Waals surface area contributed by atoms with Gasteiger partial charge in [-0.25, -0.2) is 9.97 Å². The van der Waals surface area contributed by atoms with Crippen molar-refractivity contribution in [3.8, 4) is 0 Å². The summed E-state index contributed by atoms with van der Waals surface area (Å²) in [5.41, 5.74) is 7.44. The molecule has 1 aliphatic heterocycles. The van der Waals surface area contributed by atoms with Crippen LogP contribution in [0, 0.1) is 0 Å². The number of imidazole rings is 1. The topological polar surface area (TPSA) is 106 Å². The van der Waals surface area contributed by atoms with Gasteiger partial charge < -0.3 is 15.2 Å². The summed E-state index contributed by atoms with van der Waals surface area (Å²) >= 11 is 0. The van der Waals surface area contributed by atoms with Gasteiger partial charge in [0, 0.05) is 43.5 Å². The Bertz CT molecular complexity index is 929. The Morgan fingerprint density at radius 2 is 2.31 bits per heavy atom. The first kappa shape index (κ1) is 16.6. The van der Waals surface area contributed by atoms with Gasteiger partial charge in [-0.1, -0.05) is 6.92 Å². The van der Waals surface area contributed by atoms with Gasteiger partial charge >= 0.3 is 0 Å². The number of H-pyrrole nitrogens is 1. The van der Waals surface area contributed by atoms with E-state index in [1.165, 1.54) is 0 Å². The van der Waals surface area contributed by atoms with E-state index in [1.54, 1.807) is 6.20 Å². The molecule has 4 heterocycles. The summed E-state index contributed by atoms with van der Waals surface area (Å²) in [7, 11) is 0. The number of aromatic nitrogens is 5. The molecule has 136 valence electrons. The van der Waals surface area contributed by atoms with Crippen LogP contribution in [0.3, 0.4) is 0 Å². The Morgan fingerprint density at radius 3 is 3.15 bits per heavy atom. The number of rotatable bonds is 4. The van der Waals surface area contributed by atoms with Crippen molar-refractivity contribution in [3.63, 3.8) is 0 Å². The molecule has 3 N–H and O–H groups in total. The van der Waals surface area contributed by atoms with Crippen molar-refractivity contribution < 1.29 is 4.79 Å². The number of pyridine rings is 1. The predicted molar refractivity (Wildman–Crippen MR) is 98.5 cm³/mol. The predicted octanol–water partition coefficient (Wildman–Crippen LogP) is 1.71. The van der Waals surface area contributed by atoms with Crippen LogP contribution in [-0.4, -0.2) is 48.6 Å². The average Bonchev–Trinajstić information content (AvgIpc) is 3.28. The van der Waals surface area contributed by atoms with Crippen molar-refractivity contribution in [2.75, 3.05) is 18.8 Å². The standard InChI is InChI=1S/C18H23N7O/c1-2-15-20-7-9-24(15)11-16(26)25-8-3-4-12(10-25)14-6-5-13-17(19)22-23-18(13)21-14/h5-7,9,12H,2-4,8,10-11H2,1H3,(H3,19,21,22,23)/t12-/m0/s1. The van der Waals surface area contributed by atoms with Gasteiger partial charge in [0.2, 0.25) is 5.91 Å². The fourth-order valence-electron chi connectivity index (χ4n) is 3.65. The maximum absolute atomic E-state index is 12.7. The maximum Gasteiger partial charge on any atom is 0.242 e. The average molecular weight is 353 g/mol. The third-order valence-electron chi connectivity index (χ3n) is 5.09. The number of hydrogen-bond donors (Lipinski definition) is 2. The number of piperidine rings is 1. The lowest BCUT2D eigenvalue weighted by Crippen LogP contribution is -2.41. The van der Waals surface area contributed by atoms with E-state index in [9.17, 15) is 4.79 Å². The zero-order valence-electron chi connectivity index (χ0n) is 14.9. The van der Waals surface area contributed by atoms with Crippen molar-refractivity contribution in [2.24, 2.45) is 0 Å². The van der Waals surface area contributed by atoms with Crippen molar-refractivity contribution in [1.29, 1.82) is 0 Å². The van der Waals surface area contributed by atoms with E-state index in [1.807, 2.05) is 34.7 Å². The van der Waals surface area contributed by atoms with Gasteiger partial charge in [0.05, 0.1) is 5.39 Å². The second-order valence-corrected chi connectivity index (χ2v) is 6.75. The Kier molecular flexibility index (Phi) is 4.32. The Labute approximate surface area is 151 Å². The van der Waals surface area contributed by atoms with E-state index in [4.69, 9.17) is 5.73 Å². The number of nitrogens with one attached hydrogen (secondary N) is 1. The second kappa shape index (κ2) is 6.78. The van der Waals surface area contributed by atoms with E-state index in [2.05, 4.69) is 20.2 Å². The minimum Gasteiger partial charge on any atom is -0.384 e. The summed E-state index contributed by atoms with van der Waals surface area (Å²) in [6.45, 7) is 3.87. The first-order chi connectivity index (χ1) is 12.7. The van der Waals surface area contributed by atoms with Crippen molar-refractivity contribution in [3.05, 3.63) is 36.0 Å². The monoisotopic (exact) mass is 353 g/mol. The highest BCUT2D eigenvalue weighted by Gasteiger charge is 2.26. The highest BCUT2D eigenvalue weighted by molar-refractivity contribution is 5.85. The van der Waals surface area contributed by atoms with Crippen molar-refractivity contribution in [1.82, 2.24) is 29.6 Å². The molecule has 0 saturated carbocycles. The first-order valence-corrected chi connectivity index (χ1v) is 9.04. The van der Waals surface area contributed by atoms with Crippen LogP contribution >= 0.6 is 0 Å². The molecular weight excluding hydrogens is 330 g/mol. The zero-order chi connectivity index (χ0) is 18.1. The number of amides is 1. The molecule has 1 aliphatic rings. The molecule has 0 bridgehead atoms. The number of carbonyl (C=O) groups excluding carboxylic acids is 1. The highest BCUT2D eigenvalue weighted by Crippen LogP contribution is 2.28. The molecule has 1 amide bonds. The van der Waals surface area contributed by atoms with Crippen LogP contribution in [0.4, 0.5) is 5.82 Å². The van der Waals surface area contributed by atoms with Crippen LogP contribution in [0.15, 0.2) is 24.5 Å². The number of carbonyl (C=O) groups is 1. The molecule has 0 spiro atoms. The molecule has 8 heteroatoms. The third kappa shape index (κ3) is 3.02. The third-order valence-corrected chi connectivity index (χ3v) is 5.09. The molecule has 0 radical (unpaired) electrons. The van der Waals surface area contributed by atoms with Gasteiger partial charge in [-0.2, -0.15) is 5.10 Å². The smallest absolute Gasteiger partial charge is 0.242 e. The zero-order valence-corrected chi connectivity index (χ0v) is 14.9. The minimum atomic E-state index is 0.132. The number of aryl methyl sites for hydroxylation is 1. The number of aromatic amines is 1. The second-order valence-electron chi connectivity index (χ2n) is 6.75. The van der Waals surface area contributed by atoms with Gasteiger partial charge in [0.25, 0.3) is 0 Å². The number of nitrogens with zero attached hydrogens (tertiary/aromatic N) is 5. The molecule has 1 atom stereocenters. The van der Waals surface area contributed by atoms with Crippen molar-refractivity contribution >= 4 is 22.8 Å². The highest BCUT2D eigenvalue weighted by atomic mass is 16.2. The molecule has 3 aromatic heterocycles. The van der Waals surface area contributed by atoms with Crippen LogP contribution in [0.1, 0.15) is 37.2 Å². The van der Waals surface area contributed by atoms with Gasteiger partial charge in [-0.05, 0) is 25.0 Å². The summed E-state index contributed by atoms with van der Waals surface area (Å²) in [5, 5.41) is 7.74. The van der Waals surface area contributed by atoms with Crippen molar-refractivity contribution in [2.45, 2.75) is 38.6 Å². The molecule has 3 aromatic rings. The van der Waals surface area contributed by atoms with Crippen LogP contribution < -0.4 is 5.73 Å². The summed E-state index contributed by atoms with van der Waals surface area (Å²) in [6, 6.07) is 3.95. The summed E-state index contributed by atoms with van der Waals surface area (Å²) < 4.78 is 1.93. The summed E-state index contributed by atoms with van der Waals surface area (Å²) in [6.07, 6.45) is 6.44. The molecule has 1 fully saturated rings. The fraction of sp³-hybridized carbons (Fsp3) is 0.444. The number of nitrogen functional groups attached to an aromatic ring is 1. The molecular formula is C18H23N7O. The van der Waals surface area contributed by atoms with Crippen LogP contribution in [-0.2, 0) is 17.8 Å². The Hall–Kier alpha value is -2.90. The lowest BCUT2D eigenvalue weighted by molar-refractivity contribution is -0.133. The normalized spacial score (nSPS) is 17.7. The molecule has 4 rings (SSSR count). The lowest BCUT2D eigenvalue weighted by Gasteiger charge is -2.32. The fourth-order valence-corrected chi connectivity index (χ4v) is 3.65. The summed E-state index contributed by atoms with van der Waals surface area (Å²) in [4.78, 5) is 23.6. The number of nitrogens with two attached hydrogens (primary N) is 1. The summed E-state index contributed by atoms with van der Waals surface area (Å²) in [5.74, 6) is 1.83. The molecule has 0 unspecified atom stereocenters. The van der Waals surface area contributed by atoms with E-state index in [0.717, 1.165) is 42.7 Å². The van der Waals surface area contributed by atoms with Crippen LogP contribution in [0.25, 0.3) is 11.0 Å². The van der Waals surface area contributed by atoms with Gasteiger partial charge in [0.15, 0.2) is 5.65 Å². The minimum absolute atomic E-state index is 0.132. The number of hydrogen-bond acceptors (Lipinski definition) is 5. The molecule has 26 heavy (non-hydrogen) atoms. The van der Waals surface area contributed by atoms with Crippen LogP contribution in [0.5, 0.6) is 0 Å². The lowest BCUT2D eigenvalue weighted by atomic mass is 9.94. The molecule has 0 aliphatic carbocycles. The van der Waals surface area contributed by atoms with E-state index < -0.39 is 0 Å². The van der Waals surface area contributed by atoms with E-state index >= 15 is 0 Å². The quantitative estimate of drug-likeness (QED) is 0.743.